The molecule has 0 aliphatic rings. The Morgan fingerprint density at radius 2 is 1.93 bits per heavy atom. The predicted molar refractivity (Wildman–Crippen MR) is 57.7 cm³/mol. The molecule has 2 rings (SSSR count). The first-order chi connectivity index (χ1) is 6.81. The zero-order valence-electron chi connectivity index (χ0n) is 8.57. The standard InChI is InChI=1S/C12H14N2/c1-3-12-13-8-9-14(12)11-6-4-10(2)5-7-11/h4-9H,3H2,1-2H3. The van der Waals surface area contributed by atoms with Crippen LogP contribution in [0.2, 0.25) is 0 Å². The van der Waals surface area contributed by atoms with Crippen LogP contribution in [-0.2, 0) is 6.42 Å². The lowest BCUT2D eigenvalue weighted by molar-refractivity contribution is 0.891. The number of hydrogen-bond donors (Lipinski definition) is 0. The molecule has 1 heterocycles. The number of aryl methyl sites for hydroxylation is 2. The summed E-state index contributed by atoms with van der Waals surface area (Å²) in [6.45, 7) is 4.21. The van der Waals surface area contributed by atoms with Crippen molar-refractivity contribution >= 4 is 0 Å². The minimum atomic E-state index is 0.959. The fourth-order valence-electron chi connectivity index (χ4n) is 1.54. The first-order valence-electron chi connectivity index (χ1n) is 4.90. The van der Waals surface area contributed by atoms with E-state index in [4.69, 9.17) is 0 Å². The molecule has 0 N–H and O–H groups in total. The maximum Gasteiger partial charge on any atom is 0.112 e. The molecule has 1 aromatic carbocycles. The second-order valence-corrected chi connectivity index (χ2v) is 3.40. The molecule has 0 saturated carbocycles. The van der Waals surface area contributed by atoms with Gasteiger partial charge < -0.3 is 4.57 Å². The smallest absolute Gasteiger partial charge is 0.112 e. The maximum atomic E-state index is 4.30. The van der Waals surface area contributed by atoms with Gasteiger partial charge in [-0.1, -0.05) is 24.6 Å². The SMILES string of the molecule is CCc1nccn1-c1ccc(C)cc1. The number of rotatable bonds is 2. The zero-order chi connectivity index (χ0) is 9.97. The van der Waals surface area contributed by atoms with Crippen molar-refractivity contribution in [3.8, 4) is 5.69 Å². The van der Waals surface area contributed by atoms with Crippen LogP contribution in [0.15, 0.2) is 36.7 Å². The molecule has 72 valence electrons. The number of aromatic nitrogens is 2. The Labute approximate surface area is 84.2 Å². The third-order valence-electron chi connectivity index (χ3n) is 2.35. The van der Waals surface area contributed by atoms with Crippen molar-refractivity contribution in [2.75, 3.05) is 0 Å². The van der Waals surface area contributed by atoms with Gasteiger partial charge in [-0.25, -0.2) is 4.98 Å². The Morgan fingerprint density at radius 3 is 2.57 bits per heavy atom. The molecule has 0 bridgehead atoms. The van der Waals surface area contributed by atoms with Gasteiger partial charge in [-0.3, -0.25) is 0 Å². The minimum absolute atomic E-state index is 0.959. The van der Waals surface area contributed by atoms with Crippen molar-refractivity contribution in [3.05, 3.63) is 48.0 Å². The highest BCUT2D eigenvalue weighted by Crippen LogP contribution is 2.11. The van der Waals surface area contributed by atoms with Crippen LogP contribution in [0.3, 0.4) is 0 Å². The molecule has 0 amide bonds. The average Bonchev–Trinajstić information content (AvgIpc) is 2.67. The largest absolute Gasteiger partial charge is 0.304 e. The lowest BCUT2D eigenvalue weighted by atomic mass is 10.2. The molecule has 0 fully saturated rings. The molecule has 0 aliphatic heterocycles. The number of benzene rings is 1. The highest BCUT2D eigenvalue weighted by molar-refractivity contribution is 5.35. The number of nitrogens with zero attached hydrogens (tertiary/aromatic N) is 2. The Morgan fingerprint density at radius 1 is 1.21 bits per heavy atom. The average molecular weight is 186 g/mol. The van der Waals surface area contributed by atoms with E-state index in [0.29, 0.717) is 0 Å². The van der Waals surface area contributed by atoms with E-state index in [9.17, 15) is 0 Å². The van der Waals surface area contributed by atoms with Crippen LogP contribution in [-0.4, -0.2) is 9.55 Å². The van der Waals surface area contributed by atoms with Gasteiger partial charge in [0.25, 0.3) is 0 Å². The van der Waals surface area contributed by atoms with Gasteiger partial charge >= 0.3 is 0 Å². The summed E-state index contributed by atoms with van der Waals surface area (Å²) in [5, 5.41) is 0. The monoisotopic (exact) mass is 186 g/mol. The van der Waals surface area contributed by atoms with Gasteiger partial charge in [-0.2, -0.15) is 0 Å². The molecule has 0 unspecified atom stereocenters. The molecule has 1 aromatic heterocycles. The molecule has 0 saturated heterocycles. The van der Waals surface area contributed by atoms with Crippen molar-refractivity contribution in [3.63, 3.8) is 0 Å². The molecule has 2 aromatic rings. The quantitative estimate of drug-likeness (QED) is 0.705. The van der Waals surface area contributed by atoms with E-state index in [1.54, 1.807) is 0 Å². The fourth-order valence-corrected chi connectivity index (χ4v) is 1.54. The van der Waals surface area contributed by atoms with Crippen LogP contribution in [0.1, 0.15) is 18.3 Å². The summed E-state index contributed by atoms with van der Waals surface area (Å²) in [5.41, 5.74) is 2.47. The molecule has 0 spiro atoms. The van der Waals surface area contributed by atoms with E-state index in [0.717, 1.165) is 12.2 Å². The summed E-state index contributed by atoms with van der Waals surface area (Å²) in [5.74, 6) is 1.11. The minimum Gasteiger partial charge on any atom is -0.304 e. The van der Waals surface area contributed by atoms with E-state index in [1.807, 2.05) is 12.4 Å². The third-order valence-corrected chi connectivity index (χ3v) is 2.35. The fraction of sp³-hybridized carbons (Fsp3) is 0.250. The molecular weight excluding hydrogens is 172 g/mol. The van der Waals surface area contributed by atoms with E-state index in [2.05, 4.69) is 47.7 Å². The molecule has 2 nitrogen and oxygen atoms in total. The first-order valence-corrected chi connectivity index (χ1v) is 4.90. The van der Waals surface area contributed by atoms with Gasteiger partial charge in [0.05, 0.1) is 0 Å². The van der Waals surface area contributed by atoms with Gasteiger partial charge in [-0.05, 0) is 19.1 Å². The molecule has 0 atom stereocenters. The van der Waals surface area contributed by atoms with Crippen molar-refractivity contribution in [1.29, 1.82) is 0 Å². The van der Waals surface area contributed by atoms with Gasteiger partial charge in [0, 0.05) is 24.5 Å². The molecule has 2 heteroatoms. The van der Waals surface area contributed by atoms with E-state index < -0.39 is 0 Å². The summed E-state index contributed by atoms with van der Waals surface area (Å²) in [6, 6.07) is 8.48. The van der Waals surface area contributed by atoms with E-state index in [1.165, 1.54) is 11.3 Å². The van der Waals surface area contributed by atoms with Crippen LogP contribution >= 0.6 is 0 Å². The number of hydrogen-bond acceptors (Lipinski definition) is 1. The summed E-state index contributed by atoms with van der Waals surface area (Å²) in [4.78, 5) is 4.30. The Hall–Kier alpha value is -1.57. The Kier molecular flexibility index (Phi) is 2.35. The second-order valence-electron chi connectivity index (χ2n) is 3.40. The van der Waals surface area contributed by atoms with Gasteiger partial charge in [0.1, 0.15) is 5.82 Å². The number of imidazole rings is 1. The third kappa shape index (κ3) is 1.55. The van der Waals surface area contributed by atoms with Crippen molar-refractivity contribution in [2.45, 2.75) is 20.3 Å². The zero-order valence-corrected chi connectivity index (χ0v) is 8.57. The lowest BCUT2D eigenvalue weighted by Crippen LogP contribution is -1.98. The topological polar surface area (TPSA) is 17.8 Å². The van der Waals surface area contributed by atoms with Crippen LogP contribution in [0.4, 0.5) is 0 Å². The molecule has 14 heavy (non-hydrogen) atoms. The van der Waals surface area contributed by atoms with Crippen molar-refractivity contribution in [1.82, 2.24) is 9.55 Å². The highest BCUT2D eigenvalue weighted by Gasteiger charge is 2.01. The van der Waals surface area contributed by atoms with Gasteiger partial charge in [0.2, 0.25) is 0 Å². The lowest BCUT2D eigenvalue weighted by Gasteiger charge is -2.06. The van der Waals surface area contributed by atoms with E-state index >= 15 is 0 Å². The highest BCUT2D eigenvalue weighted by atomic mass is 15.1. The maximum absolute atomic E-state index is 4.30. The van der Waals surface area contributed by atoms with Gasteiger partial charge in [-0.15, -0.1) is 0 Å². The molecule has 0 aliphatic carbocycles. The van der Waals surface area contributed by atoms with Crippen molar-refractivity contribution in [2.24, 2.45) is 0 Å². The van der Waals surface area contributed by atoms with Crippen LogP contribution in [0.25, 0.3) is 5.69 Å². The second kappa shape index (κ2) is 3.66. The van der Waals surface area contributed by atoms with Crippen LogP contribution in [0, 0.1) is 6.92 Å². The summed E-state index contributed by atoms with van der Waals surface area (Å²) >= 11 is 0. The van der Waals surface area contributed by atoms with Crippen LogP contribution in [0.5, 0.6) is 0 Å². The molecule has 0 radical (unpaired) electrons. The van der Waals surface area contributed by atoms with Crippen LogP contribution < -0.4 is 0 Å². The normalized spacial score (nSPS) is 10.4. The summed E-state index contributed by atoms with van der Waals surface area (Å²) in [7, 11) is 0. The Balaban J connectivity index is 2.44. The summed E-state index contributed by atoms with van der Waals surface area (Å²) < 4.78 is 2.12. The predicted octanol–water partition coefficient (Wildman–Crippen LogP) is 2.74. The van der Waals surface area contributed by atoms with Gasteiger partial charge in [0.15, 0.2) is 0 Å². The first kappa shape index (κ1) is 9.00. The van der Waals surface area contributed by atoms with Crippen molar-refractivity contribution < 1.29 is 0 Å². The Bertz CT molecular complexity index is 412. The van der Waals surface area contributed by atoms with E-state index in [-0.39, 0.29) is 0 Å². The molecular formula is C12H14N2. The summed E-state index contributed by atoms with van der Waals surface area (Å²) in [6.07, 6.45) is 4.81.